The molecule has 3 aromatic rings. The highest BCUT2D eigenvalue weighted by molar-refractivity contribution is 5.96. The first-order valence-corrected chi connectivity index (χ1v) is 11.3. The molecule has 10 nitrogen and oxygen atoms in total. The van der Waals surface area contributed by atoms with Crippen LogP contribution in [0.25, 0.3) is 0 Å². The van der Waals surface area contributed by atoms with Gasteiger partial charge in [0.25, 0.3) is 16.8 Å². The number of amides is 1. The molecule has 0 spiro atoms. The van der Waals surface area contributed by atoms with E-state index < -0.39 is 22.5 Å². The van der Waals surface area contributed by atoms with Gasteiger partial charge in [-0.05, 0) is 36.8 Å². The molecule has 1 atom stereocenters. The van der Waals surface area contributed by atoms with Crippen LogP contribution in [-0.2, 0) is 7.05 Å². The molecule has 1 aliphatic carbocycles. The summed E-state index contributed by atoms with van der Waals surface area (Å²) in [5.74, 6) is -1.18. The zero-order valence-electron chi connectivity index (χ0n) is 20.1. The molecule has 1 aliphatic rings. The number of rotatable bonds is 7. The SMILES string of the molecule is Cc1cn(C)nc1[C@H](Nc1c(Nc2ccnc(C(=O)N(C)C)c2[O-])c(=O)c1=O)C1(C)CCCC1. The zero-order valence-corrected chi connectivity index (χ0v) is 20.1. The standard InChI is InChI=1S/C24H30N6O4/c1-13-12-30(5)28-15(13)22(24(2)9-6-7-10-24)27-17-16(20(32)21(17)33)26-14-8-11-25-18(19(14)31)23(34)29(3)4/h8,11-12,22,27,31H,6-7,9-10H2,1-5H3,(H,25,26)/p-1/t22-/m0/s1. The lowest BCUT2D eigenvalue weighted by Gasteiger charge is -2.35. The lowest BCUT2D eigenvalue weighted by atomic mass is 9.78. The lowest BCUT2D eigenvalue weighted by molar-refractivity contribution is -0.267. The van der Waals surface area contributed by atoms with Crippen LogP contribution in [0.1, 0.15) is 60.4 Å². The Kier molecular flexibility index (Phi) is 5.93. The highest BCUT2D eigenvalue weighted by Gasteiger charge is 2.41. The molecule has 0 aliphatic heterocycles. The molecule has 2 N–H and O–H groups in total. The number of aromatic nitrogens is 3. The molecular formula is C24H29N6O4-. The molecule has 0 saturated heterocycles. The van der Waals surface area contributed by atoms with Crippen LogP contribution in [0.3, 0.4) is 0 Å². The number of nitrogens with one attached hydrogen (secondary N) is 2. The molecule has 180 valence electrons. The van der Waals surface area contributed by atoms with E-state index in [9.17, 15) is 19.5 Å². The molecule has 0 bridgehead atoms. The lowest BCUT2D eigenvalue weighted by Crippen LogP contribution is -2.40. The second-order valence-electron chi connectivity index (χ2n) is 9.58. The first kappa shape index (κ1) is 23.5. The maximum atomic E-state index is 12.8. The predicted octanol–water partition coefficient (Wildman–Crippen LogP) is 1.97. The van der Waals surface area contributed by atoms with Gasteiger partial charge in [0.05, 0.1) is 11.7 Å². The van der Waals surface area contributed by atoms with Gasteiger partial charge in [-0.15, -0.1) is 0 Å². The number of carbonyl (C=O) groups is 1. The highest BCUT2D eigenvalue weighted by atomic mass is 16.3. The second kappa shape index (κ2) is 8.58. The summed E-state index contributed by atoms with van der Waals surface area (Å²) in [6, 6.07) is 1.10. The molecular weight excluding hydrogens is 436 g/mol. The average Bonchev–Trinajstić information content (AvgIpc) is 3.38. The van der Waals surface area contributed by atoms with Crippen molar-refractivity contribution >= 4 is 23.0 Å². The molecule has 1 amide bonds. The molecule has 1 saturated carbocycles. The van der Waals surface area contributed by atoms with Crippen LogP contribution in [0, 0.1) is 12.3 Å². The fraction of sp³-hybridized carbons (Fsp3) is 0.458. The molecule has 1 fully saturated rings. The normalized spacial score (nSPS) is 15.9. The van der Waals surface area contributed by atoms with E-state index in [1.54, 1.807) is 4.68 Å². The Labute approximate surface area is 197 Å². The van der Waals surface area contributed by atoms with Crippen LogP contribution in [0.2, 0.25) is 0 Å². The topological polar surface area (TPSA) is 132 Å². The summed E-state index contributed by atoms with van der Waals surface area (Å²) >= 11 is 0. The number of nitrogens with zero attached hydrogens (tertiary/aromatic N) is 4. The third-order valence-electron chi connectivity index (χ3n) is 6.74. The van der Waals surface area contributed by atoms with Crippen LogP contribution >= 0.6 is 0 Å². The van der Waals surface area contributed by atoms with Gasteiger partial charge in [-0.3, -0.25) is 24.0 Å². The number of hydrogen-bond acceptors (Lipinski definition) is 8. The van der Waals surface area contributed by atoms with E-state index in [1.807, 2.05) is 20.2 Å². The number of hydrogen-bond donors (Lipinski definition) is 2. The summed E-state index contributed by atoms with van der Waals surface area (Å²) in [6.07, 6.45) is 7.33. The minimum absolute atomic E-state index is 0.00740. The first-order valence-electron chi connectivity index (χ1n) is 11.3. The van der Waals surface area contributed by atoms with Gasteiger partial charge >= 0.3 is 0 Å². The van der Waals surface area contributed by atoms with Crippen LogP contribution in [0.5, 0.6) is 5.75 Å². The van der Waals surface area contributed by atoms with Crippen LogP contribution in [-0.4, -0.2) is 39.7 Å². The van der Waals surface area contributed by atoms with E-state index in [-0.39, 0.29) is 34.2 Å². The van der Waals surface area contributed by atoms with Gasteiger partial charge in [-0.25, -0.2) is 0 Å². The van der Waals surface area contributed by atoms with Gasteiger partial charge in [0.1, 0.15) is 17.1 Å². The predicted molar refractivity (Wildman–Crippen MR) is 127 cm³/mol. The Morgan fingerprint density at radius 1 is 1.21 bits per heavy atom. The minimum Gasteiger partial charge on any atom is -0.869 e. The highest BCUT2D eigenvalue weighted by Crippen LogP contribution is 2.49. The Morgan fingerprint density at radius 2 is 1.85 bits per heavy atom. The van der Waals surface area contributed by atoms with Gasteiger partial charge in [0, 0.05) is 39.2 Å². The summed E-state index contributed by atoms with van der Waals surface area (Å²) in [5.41, 5.74) is 0.198. The van der Waals surface area contributed by atoms with Gasteiger partial charge in [0.15, 0.2) is 0 Å². The monoisotopic (exact) mass is 465 g/mol. The Balaban J connectivity index is 1.70. The smallest absolute Gasteiger partial charge is 0.271 e. The van der Waals surface area contributed by atoms with Crippen molar-refractivity contribution in [2.75, 3.05) is 24.7 Å². The van der Waals surface area contributed by atoms with Gasteiger partial charge in [-0.2, -0.15) is 5.10 Å². The van der Waals surface area contributed by atoms with E-state index in [2.05, 4.69) is 27.6 Å². The summed E-state index contributed by atoms with van der Waals surface area (Å²) < 4.78 is 1.74. The summed E-state index contributed by atoms with van der Waals surface area (Å²) in [4.78, 5) is 42.5. The number of carbonyl (C=O) groups excluding carboxylic acids is 1. The minimum atomic E-state index is -0.715. The number of pyridine rings is 1. The quantitative estimate of drug-likeness (QED) is 0.506. The molecule has 2 aromatic heterocycles. The molecule has 1 aromatic carbocycles. The van der Waals surface area contributed by atoms with Crippen LogP contribution in [0.4, 0.5) is 17.1 Å². The van der Waals surface area contributed by atoms with Crippen LogP contribution in [0.15, 0.2) is 28.0 Å². The van der Waals surface area contributed by atoms with Crippen molar-refractivity contribution < 1.29 is 9.90 Å². The zero-order chi connectivity index (χ0) is 24.8. The van der Waals surface area contributed by atoms with Crippen molar-refractivity contribution in [2.45, 2.75) is 45.6 Å². The largest absolute Gasteiger partial charge is 0.869 e. The maximum Gasteiger partial charge on any atom is 0.271 e. The maximum absolute atomic E-state index is 12.8. The van der Waals surface area contributed by atoms with Crippen molar-refractivity contribution in [2.24, 2.45) is 12.5 Å². The van der Waals surface area contributed by atoms with Crippen molar-refractivity contribution in [1.82, 2.24) is 19.7 Å². The number of anilines is 3. The molecule has 0 unspecified atom stereocenters. The van der Waals surface area contributed by atoms with Gasteiger partial charge in [-0.1, -0.05) is 25.5 Å². The third kappa shape index (κ3) is 3.93. The molecule has 2 heterocycles. The van der Waals surface area contributed by atoms with Crippen molar-refractivity contribution in [1.29, 1.82) is 0 Å². The summed E-state index contributed by atoms with van der Waals surface area (Å²) in [6.45, 7) is 4.14. The van der Waals surface area contributed by atoms with Crippen molar-refractivity contribution in [3.8, 4) is 5.75 Å². The Bertz CT molecular complexity index is 1310. The second-order valence-corrected chi connectivity index (χ2v) is 9.58. The first-order chi connectivity index (χ1) is 16.0. The molecule has 34 heavy (non-hydrogen) atoms. The number of aryl methyl sites for hydroxylation is 2. The van der Waals surface area contributed by atoms with E-state index in [0.717, 1.165) is 36.9 Å². The third-order valence-corrected chi connectivity index (χ3v) is 6.74. The summed E-state index contributed by atoms with van der Waals surface area (Å²) in [5, 5.41) is 23.6. The summed E-state index contributed by atoms with van der Waals surface area (Å²) in [7, 11) is 4.89. The van der Waals surface area contributed by atoms with E-state index in [1.165, 1.54) is 31.3 Å². The Hall–Kier alpha value is -3.69. The van der Waals surface area contributed by atoms with Gasteiger partial charge in [0.2, 0.25) is 0 Å². The fourth-order valence-corrected chi connectivity index (χ4v) is 4.79. The Morgan fingerprint density at radius 3 is 2.44 bits per heavy atom. The van der Waals surface area contributed by atoms with Crippen LogP contribution < -0.4 is 26.6 Å². The molecule has 0 radical (unpaired) electrons. The van der Waals surface area contributed by atoms with Crippen molar-refractivity contribution in [3.63, 3.8) is 0 Å². The van der Waals surface area contributed by atoms with Gasteiger partial charge < -0.3 is 20.6 Å². The molecule has 4 rings (SSSR count). The average molecular weight is 466 g/mol. The molecule has 10 heteroatoms. The van der Waals surface area contributed by atoms with Crippen molar-refractivity contribution in [3.05, 3.63) is 55.9 Å². The van der Waals surface area contributed by atoms with E-state index in [4.69, 9.17) is 0 Å². The van der Waals surface area contributed by atoms with E-state index in [0.29, 0.717) is 0 Å². The fourth-order valence-electron chi connectivity index (χ4n) is 4.79. The van der Waals surface area contributed by atoms with E-state index >= 15 is 0 Å².